The predicted octanol–water partition coefficient (Wildman–Crippen LogP) is 2.89. The number of likely N-dealkylation sites (N-methyl/N-ethyl adjacent to an activating group) is 1. The molecule has 0 aromatic heterocycles. The van der Waals surface area contributed by atoms with Gasteiger partial charge >= 0.3 is 0 Å². The van der Waals surface area contributed by atoms with Crippen molar-refractivity contribution in [2.45, 2.75) is 52.6 Å². The van der Waals surface area contributed by atoms with Gasteiger partial charge in [-0.05, 0) is 16.9 Å². The summed E-state index contributed by atoms with van der Waals surface area (Å²) in [5.41, 5.74) is 1.63. The summed E-state index contributed by atoms with van der Waals surface area (Å²) in [4.78, 5) is 13.8. The summed E-state index contributed by atoms with van der Waals surface area (Å²) in [5.74, 6) is 0.562. The smallest absolute Gasteiger partial charge is 0.239 e. The second-order valence-electron chi connectivity index (χ2n) is 7.40. The van der Waals surface area contributed by atoms with E-state index in [0.29, 0.717) is 12.3 Å². The minimum atomic E-state index is -0.257. The van der Waals surface area contributed by atoms with E-state index in [-0.39, 0.29) is 23.3 Å². The number of phenolic OH excluding ortho intramolecular Hbond substituents is 1. The van der Waals surface area contributed by atoms with Gasteiger partial charge in [-0.25, -0.2) is 0 Å². The molecule has 22 heavy (non-hydrogen) atoms. The molecule has 0 spiro atoms. The minimum absolute atomic E-state index is 0.0569. The fourth-order valence-corrected chi connectivity index (χ4v) is 2.45. The Hall–Kier alpha value is -1.55. The number of nitrogens with zero attached hydrogens (tertiary/aromatic N) is 1. The van der Waals surface area contributed by atoms with Gasteiger partial charge in [-0.2, -0.15) is 0 Å². The van der Waals surface area contributed by atoms with Crippen LogP contribution in [-0.4, -0.2) is 36.1 Å². The Kier molecular flexibility index (Phi) is 6.00. The zero-order valence-electron chi connectivity index (χ0n) is 14.9. The Morgan fingerprint density at radius 1 is 1.27 bits per heavy atom. The highest BCUT2D eigenvalue weighted by Crippen LogP contribution is 2.33. The van der Waals surface area contributed by atoms with E-state index in [1.54, 1.807) is 19.0 Å². The van der Waals surface area contributed by atoms with Gasteiger partial charge in [0.2, 0.25) is 5.91 Å². The van der Waals surface area contributed by atoms with Gasteiger partial charge in [0.05, 0.1) is 6.04 Å². The summed E-state index contributed by atoms with van der Waals surface area (Å²) in [6, 6.07) is 5.54. The van der Waals surface area contributed by atoms with Gasteiger partial charge < -0.3 is 15.3 Å². The molecule has 0 aliphatic rings. The van der Waals surface area contributed by atoms with Gasteiger partial charge in [0.1, 0.15) is 5.75 Å². The first-order valence-corrected chi connectivity index (χ1v) is 7.81. The number of rotatable bonds is 5. The van der Waals surface area contributed by atoms with Crippen LogP contribution in [0.2, 0.25) is 0 Å². The molecule has 0 saturated carbocycles. The normalized spacial score (nSPS) is 13.3. The van der Waals surface area contributed by atoms with Crippen molar-refractivity contribution in [2.75, 3.05) is 14.1 Å². The number of para-hydroxylation sites is 1. The van der Waals surface area contributed by atoms with Crippen molar-refractivity contribution in [2.24, 2.45) is 5.92 Å². The lowest BCUT2D eigenvalue weighted by Gasteiger charge is -2.26. The van der Waals surface area contributed by atoms with E-state index in [1.807, 2.05) is 32.0 Å². The molecule has 0 bridgehead atoms. The van der Waals surface area contributed by atoms with Crippen LogP contribution >= 0.6 is 0 Å². The Bertz CT molecular complexity index is 516. The number of nitrogens with one attached hydrogen (secondary N) is 1. The molecular weight excluding hydrogens is 276 g/mol. The SMILES string of the molecule is CC(C)[C@H](NCc1cccc(C(C)(C)C)c1O)C(=O)N(C)C. The molecule has 0 radical (unpaired) electrons. The third kappa shape index (κ3) is 4.47. The zero-order chi connectivity index (χ0) is 17.1. The quantitative estimate of drug-likeness (QED) is 0.879. The van der Waals surface area contributed by atoms with Gasteiger partial charge in [-0.3, -0.25) is 4.79 Å². The molecular formula is C18H30N2O2. The summed E-state index contributed by atoms with van der Waals surface area (Å²) in [5, 5.41) is 13.8. The Balaban J connectivity index is 2.94. The molecule has 1 aromatic carbocycles. The van der Waals surface area contributed by atoms with Crippen molar-refractivity contribution < 1.29 is 9.90 Å². The van der Waals surface area contributed by atoms with Crippen molar-refractivity contribution in [3.63, 3.8) is 0 Å². The van der Waals surface area contributed by atoms with Crippen molar-refractivity contribution in [1.29, 1.82) is 0 Å². The van der Waals surface area contributed by atoms with Gasteiger partial charge in [0.25, 0.3) is 0 Å². The summed E-state index contributed by atoms with van der Waals surface area (Å²) >= 11 is 0. The molecule has 1 atom stereocenters. The van der Waals surface area contributed by atoms with Gasteiger partial charge in [-0.15, -0.1) is 0 Å². The van der Waals surface area contributed by atoms with Gasteiger partial charge in [0.15, 0.2) is 0 Å². The van der Waals surface area contributed by atoms with E-state index in [0.717, 1.165) is 11.1 Å². The van der Waals surface area contributed by atoms with E-state index in [2.05, 4.69) is 26.1 Å². The maximum atomic E-state index is 12.2. The van der Waals surface area contributed by atoms with Crippen LogP contribution in [0.1, 0.15) is 45.7 Å². The van der Waals surface area contributed by atoms with Crippen LogP contribution in [0.15, 0.2) is 18.2 Å². The lowest BCUT2D eigenvalue weighted by molar-refractivity contribution is -0.132. The van der Waals surface area contributed by atoms with Crippen molar-refractivity contribution in [1.82, 2.24) is 10.2 Å². The highest BCUT2D eigenvalue weighted by molar-refractivity contribution is 5.81. The number of amides is 1. The van der Waals surface area contributed by atoms with E-state index in [4.69, 9.17) is 0 Å². The lowest BCUT2D eigenvalue weighted by Crippen LogP contribution is -2.46. The molecule has 0 aliphatic carbocycles. The van der Waals surface area contributed by atoms with Crippen LogP contribution < -0.4 is 5.32 Å². The number of hydrogen-bond acceptors (Lipinski definition) is 3. The van der Waals surface area contributed by atoms with Crippen LogP contribution in [0.4, 0.5) is 0 Å². The fourth-order valence-electron chi connectivity index (χ4n) is 2.45. The van der Waals surface area contributed by atoms with E-state index in [1.165, 1.54) is 0 Å². The molecule has 0 saturated heterocycles. The Morgan fingerprint density at radius 3 is 2.32 bits per heavy atom. The van der Waals surface area contributed by atoms with Gasteiger partial charge in [-0.1, -0.05) is 52.8 Å². The summed E-state index contributed by atoms with van der Waals surface area (Å²) < 4.78 is 0. The molecule has 0 heterocycles. The first-order valence-electron chi connectivity index (χ1n) is 7.81. The Morgan fingerprint density at radius 2 is 1.86 bits per heavy atom. The maximum Gasteiger partial charge on any atom is 0.239 e. The summed E-state index contributed by atoms with van der Waals surface area (Å²) in [6.07, 6.45) is 0. The van der Waals surface area contributed by atoms with Gasteiger partial charge in [0, 0.05) is 26.2 Å². The molecule has 0 aliphatic heterocycles. The lowest BCUT2D eigenvalue weighted by atomic mass is 9.85. The third-order valence-electron chi connectivity index (χ3n) is 3.81. The standard InChI is InChI=1S/C18H30N2O2/c1-12(2)15(17(22)20(6)7)19-11-13-9-8-10-14(16(13)21)18(3,4)5/h8-10,12,15,19,21H,11H2,1-7H3/t15-/m0/s1. The molecule has 0 fully saturated rings. The van der Waals surface area contributed by atoms with Crippen LogP contribution in [0.3, 0.4) is 0 Å². The van der Waals surface area contributed by atoms with E-state index >= 15 is 0 Å². The monoisotopic (exact) mass is 306 g/mol. The average molecular weight is 306 g/mol. The average Bonchev–Trinajstić information content (AvgIpc) is 2.38. The number of carbonyl (C=O) groups is 1. The first-order chi connectivity index (χ1) is 10.1. The number of aromatic hydroxyl groups is 1. The summed E-state index contributed by atoms with van der Waals surface area (Å²) in [6.45, 7) is 10.7. The minimum Gasteiger partial charge on any atom is -0.507 e. The molecule has 4 heteroatoms. The van der Waals surface area contributed by atoms with Crippen molar-refractivity contribution in [3.05, 3.63) is 29.3 Å². The molecule has 4 nitrogen and oxygen atoms in total. The molecule has 2 N–H and O–H groups in total. The largest absolute Gasteiger partial charge is 0.507 e. The highest BCUT2D eigenvalue weighted by atomic mass is 16.3. The molecule has 124 valence electrons. The van der Waals surface area contributed by atoms with Crippen LogP contribution in [0.5, 0.6) is 5.75 Å². The summed E-state index contributed by atoms with van der Waals surface area (Å²) in [7, 11) is 3.52. The van der Waals surface area contributed by atoms with Crippen LogP contribution in [0.25, 0.3) is 0 Å². The highest BCUT2D eigenvalue weighted by Gasteiger charge is 2.24. The van der Waals surface area contributed by atoms with Crippen LogP contribution in [-0.2, 0) is 16.8 Å². The maximum absolute atomic E-state index is 12.2. The van der Waals surface area contributed by atoms with E-state index in [9.17, 15) is 9.90 Å². The third-order valence-corrected chi connectivity index (χ3v) is 3.81. The van der Waals surface area contributed by atoms with Crippen molar-refractivity contribution >= 4 is 5.91 Å². The first kappa shape index (κ1) is 18.5. The molecule has 1 amide bonds. The number of hydrogen-bond donors (Lipinski definition) is 2. The van der Waals surface area contributed by atoms with Crippen LogP contribution in [0, 0.1) is 5.92 Å². The topological polar surface area (TPSA) is 52.6 Å². The van der Waals surface area contributed by atoms with E-state index < -0.39 is 0 Å². The Labute approximate surface area is 134 Å². The molecule has 1 rings (SSSR count). The number of carbonyl (C=O) groups excluding carboxylic acids is 1. The zero-order valence-corrected chi connectivity index (χ0v) is 14.9. The second kappa shape index (κ2) is 7.14. The van der Waals surface area contributed by atoms with Crippen molar-refractivity contribution in [3.8, 4) is 5.75 Å². The second-order valence-corrected chi connectivity index (χ2v) is 7.40. The number of phenols is 1. The predicted molar refractivity (Wildman–Crippen MR) is 91.0 cm³/mol. The number of benzene rings is 1. The molecule has 1 aromatic rings. The molecule has 0 unspecified atom stereocenters. The fraction of sp³-hybridized carbons (Fsp3) is 0.611.